The molecule has 0 unspecified atom stereocenters. The van der Waals surface area contributed by atoms with Crippen LogP contribution in [-0.4, -0.2) is 45.8 Å². The topological polar surface area (TPSA) is 95.2 Å². The monoisotopic (exact) mass is 292 g/mol. The number of aromatic nitrogens is 2. The lowest BCUT2D eigenvalue weighted by atomic mass is 10.0. The van der Waals surface area contributed by atoms with Gasteiger partial charge in [0.15, 0.2) is 5.69 Å². The summed E-state index contributed by atoms with van der Waals surface area (Å²) < 4.78 is 0. The van der Waals surface area contributed by atoms with Gasteiger partial charge in [-0.2, -0.15) is 0 Å². The Morgan fingerprint density at radius 2 is 2.24 bits per heavy atom. The van der Waals surface area contributed by atoms with Crippen molar-refractivity contribution in [2.24, 2.45) is 5.92 Å². The van der Waals surface area contributed by atoms with Crippen LogP contribution in [0.3, 0.4) is 0 Å². The lowest BCUT2D eigenvalue weighted by Crippen LogP contribution is -2.51. The summed E-state index contributed by atoms with van der Waals surface area (Å²) in [5, 5.41) is 2.78. The van der Waals surface area contributed by atoms with Gasteiger partial charge in [-0.1, -0.05) is 13.8 Å². The predicted molar refractivity (Wildman–Crippen MR) is 76.8 cm³/mol. The normalized spacial score (nSPS) is 18.6. The fourth-order valence-corrected chi connectivity index (χ4v) is 2.43. The van der Waals surface area contributed by atoms with Gasteiger partial charge in [0.2, 0.25) is 5.91 Å². The summed E-state index contributed by atoms with van der Waals surface area (Å²) in [6, 6.07) is -0.143. The van der Waals surface area contributed by atoms with Crippen molar-refractivity contribution < 1.29 is 9.59 Å². The highest BCUT2D eigenvalue weighted by atomic mass is 16.2. The highest BCUT2D eigenvalue weighted by molar-refractivity contribution is 5.92. The Kier molecular flexibility index (Phi) is 4.72. The molecule has 0 aromatic carbocycles. The summed E-state index contributed by atoms with van der Waals surface area (Å²) in [5.74, 6) is -0.469. The third-order valence-corrected chi connectivity index (χ3v) is 3.48. The van der Waals surface area contributed by atoms with E-state index in [1.165, 1.54) is 12.4 Å². The first-order chi connectivity index (χ1) is 9.99. The summed E-state index contributed by atoms with van der Waals surface area (Å²) in [5.41, 5.74) is -0.661. The van der Waals surface area contributed by atoms with E-state index < -0.39 is 11.5 Å². The van der Waals surface area contributed by atoms with Gasteiger partial charge in [-0.25, -0.2) is 4.98 Å². The molecule has 1 fully saturated rings. The molecule has 0 bridgehead atoms. The average Bonchev–Trinajstić information content (AvgIpc) is 2.47. The Bertz CT molecular complexity index is 582. The lowest BCUT2D eigenvalue weighted by molar-refractivity contribution is -0.135. The van der Waals surface area contributed by atoms with Crippen LogP contribution in [-0.2, 0) is 4.79 Å². The number of amides is 2. The lowest BCUT2D eigenvalue weighted by Gasteiger charge is -2.34. The Labute approximate surface area is 122 Å². The molecule has 1 aliphatic rings. The third-order valence-electron chi connectivity index (χ3n) is 3.48. The SMILES string of the molecule is CC(C)C(=O)N1CCC[C@H](NC(=O)c2ncc[nH]c2=O)C1. The fourth-order valence-electron chi connectivity index (χ4n) is 2.43. The molecule has 0 radical (unpaired) electrons. The molecule has 0 saturated carbocycles. The Morgan fingerprint density at radius 3 is 2.90 bits per heavy atom. The van der Waals surface area contributed by atoms with Gasteiger partial charge in [0.1, 0.15) is 0 Å². The van der Waals surface area contributed by atoms with Crippen LogP contribution in [0.4, 0.5) is 0 Å². The molecule has 2 N–H and O–H groups in total. The number of hydrogen-bond donors (Lipinski definition) is 2. The summed E-state index contributed by atoms with van der Waals surface area (Å²) in [6.07, 6.45) is 4.37. The smallest absolute Gasteiger partial charge is 0.279 e. The first kappa shape index (κ1) is 15.2. The van der Waals surface area contributed by atoms with Gasteiger partial charge < -0.3 is 15.2 Å². The second-order valence-electron chi connectivity index (χ2n) is 5.52. The number of likely N-dealkylation sites (tertiary alicyclic amines) is 1. The van der Waals surface area contributed by atoms with E-state index in [-0.39, 0.29) is 23.6 Å². The molecule has 114 valence electrons. The Balaban J connectivity index is 2.00. The number of carbonyl (C=O) groups excluding carboxylic acids is 2. The number of H-pyrrole nitrogens is 1. The van der Waals surface area contributed by atoms with Gasteiger partial charge in [-0.15, -0.1) is 0 Å². The molecule has 0 spiro atoms. The molecule has 1 aromatic rings. The van der Waals surface area contributed by atoms with Crippen molar-refractivity contribution in [2.75, 3.05) is 13.1 Å². The Hall–Kier alpha value is -2.18. The van der Waals surface area contributed by atoms with E-state index in [9.17, 15) is 14.4 Å². The maximum absolute atomic E-state index is 12.0. The summed E-state index contributed by atoms with van der Waals surface area (Å²) in [6.45, 7) is 4.91. The molecule has 0 aliphatic carbocycles. The highest BCUT2D eigenvalue weighted by Crippen LogP contribution is 2.13. The maximum Gasteiger partial charge on any atom is 0.279 e. The van der Waals surface area contributed by atoms with Crippen molar-refractivity contribution in [3.05, 3.63) is 28.4 Å². The van der Waals surface area contributed by atoms with Crippen LogP contribution in [0, 0.1) is 5.92 Å². The second kappa shape index (κ2) is 6.51. The molecule has 2 rings (SSSR count). The van der Waals surface area contributed by atoms with Gasteiger partial charge in [0, 0.05) is 37.4 Å². The van der Waals surface area contributed by atoms with Crippen molar-refractivity contribution in [3.63, 3.8) is 0 Å². The minimum absolute atomic E-state index is 0.0573. The minimum atomic E-state index is -0.513. The standard InChI is InChI=1S/C14H20N4O3/c1-9(2)14(21)18-7-3-4-10(8-18)17-13(20)11-12(19)16-6-5-15-11/h5-6,9-10H,3-4,7-8H2,1-2H3,(H,16,19)(H,17,20)/t10-/m0/s1. The summed E-state index contributed by atoms with van der Waals surface area (Å²) >= 11 is 0. The van der Waals surface area contributed by atoms with Crippen LogP contribution >= 0.6 is 0 Å². The third kappa shape index (κ3) is 3.68. The van der Waals surface area contributed by atoms with E-state index in [0.29, 0.717) is 13.1 Å². The largest absolute Gasteiger partial charge is 0.346 e. The highest BCUT2D eigenvalue weighted by Gasteiger charge is 2.26. The number of piperidine rings is 1. The number of carbonyl (C=O) groups is 2. The number of aromatic amines is 1. The van der Waals surface area contributed by atoms with Crippen molar-refractivity contribution in [2.45, 2.75) is 32.7 Å². The van der Waals surface area contributed by atoms with Crippen molar-refractivity contribution >= 4 is 11.8 Å². The van der Waals surface area contributed by atoms with Gasteiger partial charge >= 0.3 is 0 Å². The predicted octanol–water partition coefficient (Wildman–Crippen LogP) is 0.147. The summed E-state index contributed by atoms with van der Waals surface area (Å²) in [7, 11) is 0. The van der Waals surface area contributed by atoms with Gasteiger partial charge in [0.25, 0.3) is 11.5 Å². The van der Waals surface area contributed by atoms with Crippen LogP contribution in [0.25, 0.3) is 0 Å². The number of hydrogen-bond acceptors (Lipinski definition) is 4. The molecular weight excluding hydrogens is 272 g/mol. The van der Waals surface area contributed by atoms with Crippen LogP contribution in [0.5, 0.6) is 0 Å². The quantitative estimate of drug-likeness (QED) is 0.829. The van der Waals surface area contributed by atoms with Gasteiger partial charge in [-0.05, 0) is 12.8 Å². The summed E-state index contributed by atoms with van der Waals surface area (Å²) in [4.78, 5) is 43.5. The molecule has 1 saturated heterocycles. The molecule has 21 heavy (non-hydrogen) atoms. The van der Waals surface area contributed by atoms with E-state index in [0.717, 1.165) is 12.8 Å². The van der Waals surface area contributed by atoms with Crippen LogP contribution in [0.1, 0.15) is 37.2 Å². The van der Waals surface area contributed by atoms with Gasteiger partial charge in [0.05, 0.1) is 0 Å². The maximum atomic E-state index is 12.0. The van der Waals surface area contributed by atoms with Gasteiger partial charge in [-0.3, -0.25) is 14.4 Å². The molecule has 1 aliphatic heterocycles. The zero-order valence-corrected chi connectivity index (χ0v) is 12.3. The van der Waals surface area contributed by atoms with Crippen LogP contribution in [0.15, 0.2) is 17.2 Å². The van der Waals surface area contributed by atoms with Crippen molar-refractivity contribution in [1.29, 1.82) is 0 Å². The zero-order chi connectivity index (χ0) is 15.4. The molecule has 1 aromatic heterocycles. The zero-order valence-electron chi connectivity index (χ0n) is 12.3. The van der Waals surface area contributed by atoms with Crippen LogP contribution < -0.4 is 10.9 Å². The molecule has 7 heteroatoms. The molecule has 2 heterocycles. The van der Waals surface area contributed by atoms with E-state index in [1.807, 2.05) is 13.8 Å². The van der Waals surface area contributed by atoms with Crippen LogP contribution in [0.2, 0.25) is 0 Å². The number of nitrogens with one attached hydrogen (secondary N) is 2. The molecular formula is C14H20N4O3. The van der Waals surface area contributed by atoms with E-state index in [1.54, 1.807) is 4.90 Å². The average molecular weight is 292 g/mol. The molecule has 1 atom stereocenters. The van der Waals surface area contributed by atoms with E-state index >= 15 is 0 Å². The molecule has 7 nitrogen and oxygen atoms in total. The van der Waals surface area contributed by atoms with E-state index in [2.05, 4.69) is 15.3 Å². The minimum Gasteiger partial charge on any atom is -0.346 e. The molecule has 2 amide bonds. The number of rotatable bonds is 3. The first-order valence-electron chi connectivity index (χ1n) is 7.12. The number of nitrogens with zero attached hydrogens (tertiary/aromatic N) is 2. The fraction of sp³-hybridized carbons (Fsp3) is 0.571. The first-order valence-corrected chi connectivity index (χ1v) is 7.12. The Morgan fingerprint density at radius 1 is 1.48 bits per heavy atom. The second-order valence-corrected chi connectivity index (χ2v) is 5.52. The van der Waals surface area contributed by atoms with Crippen molar-refractivity contribution in [3.8, 4) is 0 Å². The van der Waals surface area contributed by atoms with E-state index in [4.69, 9.17) is 0 Å². The van der Waals surface area contributed by atoms with Crippen molar-refractivity contribution in [1.82, 2.24) is 20.2 Å².